The number of hydrogen-bond donors (Lipinski definition) is 1. The van der Waals surface area contributed by atoms with Crippen molar-refractivity contribution in [1.82, 2.24) is 4.98 Å². The molecule has 1 aromatic heterocycles. The molecule has 2 aromatic rings. The molecule has 0 radical (unpaired) electrons. The van der Waals surface area contributed by atoms with Crippen molar-refractivity contribution in [3.8, 4) is 5.75 Å². The molecule has 0 spiro atoms. The minimum atomic E-state index is -0.468. The first-order chi connectivity index (χ1) is 8.78. The fourth-order valence-corrected chi connectivity index (χ4v) is 1.66. The second kappa shape index (κ2) is 6.00. The van der Waals surface area contributed by atoms with Crippen LogP contribution in [0.1, 0.15) is 5.56 Å². The Balaban J connectivity index is 1.84. The number of pyridine rings is 1. The molecule has 0 saturated carbocycles. The van der Waals surface area contributed by atoms with Gasteiger partial charge >= 0.3 is 0 Å². The van der Waals surface area contributed by atoms with Crippen molar-refractivity contribution in [1.29, 1.82) is 0 Å². The maximum absolute atomic E-state index is 12.8. The molecule has 18 heavy (non-hydrogen) atoms. The van der Waals surface area contributed by atoms with Crippen LogP contribution in [0.3, 0.4) is 0 Å². The zero-order valence-electron chi connectivity index (χ0n) is 10.2. The van der Waals surface area contributed by atoms with Crippen LogP contribution in [0.2, 0.25) is 0 Å². The molecule has 0 bridgehead atoms. The highest BCUT2D eigenvalue weighted by molar-refractivity contribution is 5.41. The average Bonchev–Trinajstić information content (AvgIpc) is 2.40. The van der Waals surface area contributed by atoms with Crippen molar-refractivity contribution in [2.75, 3.05) is 19.0 Å². The molecular weight excluding hydrogens is 231 g/mol. The van der Waals surface area contributed by atoms with Crippen LogP contribution < -0.4 is 10.1 Å². The fourth-order valence-electron chi connectivity index (χ4n) is 1.66. The molecule has 1 N–H and O–H groups in total. The van der Waals surface area contributed by atoms with E-state index in [-0.39, 0.29) is 0 Å². The van der Waals surface area contributed by atoms with Gasteiger partial charge in [0.05, 0.1) is 7.11 Å². The lowest BCUT2D eigenvalue weighted by atomic mass is 10.1. The van der Waals surface area contributed by atoms with E-state index in [0.717, 1.165) is 24.4 Å². The van der Waals surface area contributed by atoms with Crippen LogP contribution in [0.25, 0.3) is 0 Å². The minimum absolute atomic E-state index is 0.468. The smallest absolute Gasteiger partial charge is 0.214 e. The lowest BCUT2D eigenvalue weighted by molar-refractivity contribution is 0.414. The maximum Gasteiger partial charge on any atom is 0.214 e. The molecule has 1 heterocycles. The predicted octanol–water partition coefficient (Wildman–Crippen LogP) is 2.88. The van der Waals surface area contributed by atoms with Gasteiger partial charge in [-0.15, -0.1) is 0 Å². The summed E-state index contributed by atoms with van der Waals surface area (Å²) in [6.07, 6.45) is 2.32. The van der Waals surface area contributed by atoms with Gasteiger partial charge in [-0.3, -0.25) is 0 Å². The number of nitrogens with one attached hydrogen (secondary N) is 1. The number of benzene rings is 1. The Bertz CT molecular complexity index is 499. The summed E-state index contributed by atoms with van der Waals surface area (Å²) in [5.41, 5.74) is 1.95. The Morgan fingerprint density at radius 2 is 2.00 bits per heavy atom. The molecule has 0 atom stereocenters. The third kappa shape index (κ3) is 3.45. The van der Waals surface area contributed by atoms with Crippen LogP contribution in [-0.2, 0) is 6.42 Å². The second-order valence-corrected chi connectivity index (χ2v) is 3.89. The molecule has 4 heteroatoms. The Morgan fingerprint density at radius 3 is 2.67 bits per heavy atom. The molecule has 1 aromatic carbocycles. The van der Waals surface area contributed by atoms with E-state index in [9.17, 15) is 4.39 Å². The van der Waals surface area contributed by atoms with Crippen molar-refractivity contribution in [3.63, 3.8) is 0 Å². The van der Waals surface area contributed by atoms with Gasteiger partial charge in [0.2, 0.25) is 5.95 Å². The normalized spacial score (nSPS) is 10.1. The lowest BCUT2D eigenvalue weighted by Crippen LogP contribution is -2.05. The Labute approximate surface area is 106 Å². The largest absolute Gasteiger partial charge is 0.497 e. The van der Waals surface area contributed by atoms with Gasteiger partial charge < -0.3 is 10.1 Å². The maximum atomic E-state index is 12.8. The Kier molecular flexibility index (Phi) is 4.12. The Morgan fingerprint density at radius 1 is 1.22 bits per heavy atom. The van der Waals surface area contributed by atoms with Crippen molar-refractivity contribution in [3.05, 3.63) is 54.1 Å². The topological polar surface area (TPSA) is 34.1 Å². The number of hydrogen-bond acceptors (Lipinski definition) is 3. The van der Waals surface area contributed by atoms with E-state index in [1.807, 2.05) is 24.3 Å². The van der Waals surface area contributed by atoms with Gasteiger partial charge in [0.15, 0.2) is 0 Å². The minimum Gasteiger partial charge on any atom is -0.497 e. The standard InChI is InChI=1S/C14H15FN2O/c1-18-13-4-2-11(3-5-13)6-8-16-12-7-9-17-14(15)10-12/h2-5,7,9-10H,6,8H2,1H3,(H,16,17). The van der Waals surface area contributed by atoms with Gasteiger partial charge in [-0.2, -0.15) is 4.39 Å². The first-order valence-corrected chi connectivity index (χ1v) is 5.76. The van der Waals surface area contributed by atoms with E-state index in [1.165, 1.54) is 17.8 Å². The van der Waals surface area contributed by atoms with Gasteiger partial charge in [0, 0.05) is 24.5 Å². The molecule has 0 saturated heterocycles. The zero-order chi connectivity index (χ0) is 12.8. The predicted molar refractivity (Wildman–Crippen MR) is 69.4 cm³/mol. The number of rotatable bonds is 5. The lowest BCUT2D eigenvalue weighted by Gasteiger charge is -2.06. The number of nitrogens with zero attached hydrogens (tertiary/aromatic N) is 1. The van der Waals surface area contributed by atoms with Crippen molar-refractivity contribution in [2.24, 2.45) is 0 Å². The van der Waals surface area contributed by atoms with Crippen LogP contribution in [0.5, 0.6) is 5.75 Å². The highest BCUT2D eigenvalue weighted by Gasteiger charge is 1.97. The molecule has 0 fully saturated rings. The number of aromatic nitrogens is 1. The summed E-state index contributed by atoms with van der Waals surface area (Å²) in [7, 11) is 1.65. The van der Waals surface area contributed by atoms with E-state index in [2.05, 4.69) is 10.3 Å². The number of ether oxygens (including phenoxy) is 1. The van der Waals surface area contributed by atoms with Crippen LogP contribution in [-0.4, -0.2) is 18.6 Å². The van der Waals surface area contributed by atoms with E-state index in [0.29, 0.717) is 0 Å². The van der Waals surface area contributed by atoms with E-state index in [4.69, 9.17) is 4.74 Å². The van der Waals surface area contributed by atoms with Crippen molar-refractivity contribution >= 4 is 5.69 Å². The van der Waals surface area contributed by atoms with Gasteiger partial charge in [0.1, 0.15) is 5.75 Å². The fraction of sp³-hybridized carbons (Fsp3) is 0.214. The van der Waals surface area contributed by atoms with Gasteiger partial charge in [0.25, 0.3) is 0 Å². The SMILES string of the molecule is COc1ccc(CCNc2ccnc(F)c2)cc1. The van der Waals surface area contributed by atoms with Gasteiger partial charge in [-0.25, -0.2) is 4.98 Å². The van der Waals surface area contributed by atoms with Crippen LogP contribution in [0, 0.1) is 5.95 Å². The zero-order valence-corrected chi connectivity index (χ0v) is 10.2. The number of anilines is 1. The third-order valence-corrected chi connectivity index (χ3v) is 2.63. The first kappa shape index (κ1) is 12.4. The second-order valence-electron chi connectivity index (χ2n) is 3.89. The average molecular weight is 246 g/mol. The van der Waals surface area contributed by atoms with Crippen LogP contribution >= 0.6 is 0 Å². The molecule has 2 rings (SSSR count). The molecule has 0 aliphatic heterocycles. The highest BCUT2D eigenvalue weighted by Crippen LogP contribution is 2.12. The number of halogens is 1. The Hall–Kier alpha value is -2.10. The summed E-state index contributed by atoms with van der Waals surface area (Å²) in [5, 5.41) is 3.15. The van der Waals surface area contributed by atoms with E-state index < -0.39 is 5.95 Å². The quantitative estimate of drug-likeness (QED) is 0.824. The number of methoxy groups -OCH3 is 1. The molecule has 0 aliphatic rings. The van der Waals surface area contributed by atoms with Gasteiger partial charge in [-0.1, -0.05) is 12.1 Å². The van der Waals surface area contributed by atoms with E-state index in [1.54, 1.807) is 13.2 Å². The first-order valence-electron chi connectivity index (χ1n) is 5.76. The summed E-state index contributed by atoms with van der Waals surface area (Å²) in [4.78, 5) is 3.50. The summed E-state index contributed by atoms with van der Waals surface area (Å²) in [6.45, 7) is 0.746. The monoisotopic (exact) mass is 246 g/mol. The molecule has 0 aliphatic carbocycles. The van der Waals surface area contributed by atoms with Crippen LogP contribution in [0.15, 0.2) is 42.6 Å². The molecule has 0 unspecified atom stereocenters. The summed E-state index contributed by atoms with van der Waals surface area (Å²) >= 11 is 0. The summed E-state index contributed by atoms with van der Waals surface area (Å²) in [6, 6.07) is 11.0. The van der Waals surface area contributed by atoms with Crippen molar-refractivity contribution in [2.45, 2.75) is 6.42 Å². The third-order valence-electron chi connectivity index (χ3n) is 2.63. The summed E-state index contributed by atoms with van der Waals surface area (Å²) in [5.74, 6) is 0.382. The molecule has 0 amide bonds. The van der Waals surface area contributed by atoms with Crippen molar-refractivity contribution < 1.29 is 9.13 Å². The molecule has 94 valence electrons. The summed E-state index contributed by atoms with van der Waals surface area (Å²) < 4.78 is 17.9. The van der Waals surface area contributed by atoms with Crippen LogP contribution in [0.4, 0.5) is 10.1 Å². The molecule has 3 nitrogen and oxygen atoms in total. The van der Waals surface area contributed by atoms with E-state index >= 15 is 0 Å². The highest BCUT2D eigenvalue weighted by atomic mass is 19.1. The molecular formula is C14H15FN2O. The van der Waals surface area contributed by atoms with Gasteiger partial charge in [-0.05, 0) is 30.2 Å².